The van der Waals surface area contributed by atoms with Crippen LogP contribution >= 0.6 is 11.6 Å². The van der Waals surface area contributed by atoms with E-state index in [4.69, 9.17) is 11.6 Å². The molecular weight excluding hydrogens is 427 g/mol. The van der Waals surface area contributed by atoms with E-state index in [0.29, 0.717) is 0 Å². The second-order valence-corrected chi connectivity index (χ2v) is 10.3. The highest BCUT2D eigenvalue weighted by atomic mass is 35.5. The molecule has 0 saturated carbocycles. The van der Waals surface area contributed by atoms with Crippen LogP contribution in [0.2, 0.25) is 5.02 Å². The third-order valence-electron chi connectivity index (χ3n) is 4.32. The highest BCUT2D eigenvalue weighted by molar-refractivity contribution is 7.92. The number of piperazine rings is 1. The van der Waals surface area contributed by atoms with E-state index in [-0.39, 0.29) is 36.1 Å². The average molecular weight is 445 g/mol. The Bertz CT molecular complexity index is 1080. The molecule has 0 N–H and O–H groups in total. The van der Waals surface area contributed by atoms with E-state index >= 15 is 0 Å². The molecule has 0 unspecified atom stereocenters. The Morgan fingerprint density at radius 3 is 2.11 bits per heavy atom. The lowest BCUT2D eigenvalue weighted by atomic mass is 10.2. The van der Waals surface area contributed by atoms with Crippen molar-refractivity contribution in [3.63, 3.8) is 0 Å². The monoisotopic (exact) mass is 444 g/mol. The lowest BCUT2D eigenvalue weighted by Crippen LogP contribution is -2.49. The molecule has 2 aromatic rings. The Kier molecular flexibility index (Phi) is 6.21. The molecule has 2 aromatic carbocycles. The molecule has 3 rings (SSSR count). The van der Waals surface area contributed by atoms with Gasteiger partial charge in [-0.05, 0) is 29.8 Å². The molecule has 10 heteroatoms. The number of nitrogens with zero attached hydrogens (tertiary/aromatic N) is 2. The molecule has 0 radical (unpaired) electrons. The van der Waals surface area contributed by atoms with Crippen LogP contribution in [0.4, 0.5) is 4.39 Å². The second-order valence-electron chi connectivity index (χ2n) is 6.14. The zero-order valence-corrected chi connectivity index (χ0v) is 17.1. The van der Waals surface area contributed by atoms with Crippen LogP contribution in [-0.2, 0) is 20.0 Å². The third-order valence-corrected chi connectivity index (χ3v) is 8.07. The molecular formula is C18H18ClFN2O4S2. The first-order valence-corrected chi connectivity index (χ1v) is 11.7. The summed E-state index contributed by atoms with van der Waals surface area (Å²) in [6.07, 6.45) is 1.50. The summed E-state index contributed by atoms with van der Waals surface area (Å²) in [6, 6.07) is 12.2. The van der Waals surface area contributed by atoms with Gasteiger partial charge >= 0.3 is 0 Å². The van der Waals surface area contributed by atoms with Gasteiger partial charge in [0.2, 0.25) is 20.0 Å². The molecule has 6 nitrogen and oxygen atoms in total. The minimum Gasteiger partial charge on any atom is -0.208 e. The summed E-state index contributed by atoms with van der Waals surface area (Å²) in [5, 5.41) is 0.833. The topological polar surface area (TPSA) is 74.8 Å². The summed E-state index contributed by atoms with van der Waals surface area (Å²) in [5.41, 5.74) is 0.750. The van der Waals surface area contributed by atoms with Gasteiger partial charge in [0.05, 0.1) is 9.92 Å². The van der Waals surface area contributed by atoms with Crippen LogP contribution in [0, 0.1) is 5.82 Å². The maximum Gasteiger partial charge on any atom is 0.243 e. The van der Waals surface area contributed by atoms with Crippen molar-refractivity contribution in [3.8, 4) is 0 Å². The molecule has 28 heavy (non-hydrogen) atoms. The summed E-state index contributed by atoms with van der Waals surface area (Å²) in [5.74, 6) is -0.707. The molecule has 0 bridgehead atoms. The molecule has 0 spiro atoms. The van der Waals surface area contributed by atoms with Crippen molar-refractivity contribution >= 4 is 37.7 Å². The van der Waals surface area contributed by atoms with Crippen molar-refractivity contribution in [1.82, 2.24) is 8.61 Å². The Labute approximate surface area is 168 Å². The van der Waals surface area contributed by atoms with Gasteiger partial charge in [-0.15, -0.1) is 0 Å². The molecule has 0 amide bonds. The zero-order chi connectivity index (χ0) is 20.4. The Hall–Kier alpha value is -1.78. The van der Waals surface area contributed by atoms with E-state index in [1.807, 2.05) is 6.07 Å². The Balaban J connectivity index is 1.69. The maximum atomic E-state index is 13.3. The van der Waals surface area contributed by atoms with Gasteiger partial charge in [0.25, 0.3) is 0 Å². The predicted octanol–water partition coefficient (Wildman–Crippen LogP) is 2.79. The Morgan fingerprint density at radius 2 is 1.50 bits per heavy atom. The van der Waals surface area contributed by atoms with Gasteiger partial charge in [0.15, 0.2) is 0 Å². The summed E-state index contributed by atoms with van der Waals surface area (Å²) in [4.78, 5) is -0.126. The Morgan fingerprint density at radius 1 is 0.893 bits per heavy atom. The summed E-state index contributed by atoms with van der Waals surface area (Å²) >= 11 is 5.67. The van der Waals surface area contributed by atoms with Crippen molar-refractivity contribution in [1.29, 1.82) is 0 Å². The van der Waals surface area contributed by atoms with Gasteiger partial charge in [-0.2, -0.15) is 8.61 Å². The molecule has 0 aliphatic carbocycles. The number of halogens is 2. The fourth-order valence-electron chi connectivity index (χ4n) is 2.77. The van der Waals surface area contributed by atoms with Crippen LogP contribution in [0.5, 0.6) is 0 Å². The predicted molar refractivity (Wildman–Crippen MR) is 106 cm³/mol. The van der Waals surface area contributed by atoms with Gasteiger partial charge in [0.1, 0.15) is 5.82 Å². The molecule has 1 aliphatic rings. The van der Waals surface area contributed by atoms with E-state index in [1.54, 1.807) is 24.3 Å². The van der Waals surface area contributed by atoms with Gasteiger partial charge in [-0.25, -0.2) is 21.2 Å². The van der Waals surface area contributed by atoms with E-state index in [9.17, 15) is 21.2 Å². The van der Waals surface area contributed by atoms with E-state index < -0.39 is 25.9 Å². The van der Waals surface area contributed by atoms with Gasteiger partial charge in [-0.1, -0.05) is 41.9 Å². The number of hydrogen-bond donors (Lipinski definition) is 0. The van der Waals surface area contributed by atoms with Gasteiger partial charge in [-0.3, -0.25) is 0 Å². The lowest BCUT2D eigenvalue weighted by Gasteiger charge is -2.32. The first-order valence-electron chi connectivity index (χ1n) is 8.39. The van der Waals surface area contributed by atoms with Crippen molar-refractivity contribution < 1.29 is 21.2 Å². The maximum absolute atomic E-state index is 13.3. The van der Waals surface area contributed by atoms with Gasteiger partial charge < -0.3 is 0 Å². The molecule has 1 fully saturated rings. The van der Waals surface area contributed by atoms with Crippen LogP contribution in [0.1, 0.15) is 5.56 Å². The number of hydrogen-bond acceptors (Lipinski definition) is 4. The first-order chi connectivity index (χ1) is 13.2. The van der Waals surface area contributed by atoms with E-state index in [2.05, 4.69) is 0 Å². The van der Waals surface area contributed by atoms with Crippen molar-refractivity contribution in [2.75, 3.05) is 26.2 Å². The van der Waals surface area contributed by atoms with Crippen LogP contribution in [0.15, 0.2) is 58.8 Å². The number of rotatable bonds is 5. The molecule has 0 aromatic heterocycles. The minimum absolute atomic E-state index is 0.00423. The minimum atomic E-state index is -3.88. The van der Waals surface area contributed by atoms with Crippen molar-refractivity contribution in [2.45, 2.75) is 4.90 Å². The van der Waals surface area contributed by atoms with Gasteiger partial charge in [0, 0.05) is 31.6 Å². The van der Waals surface area contributed by atoms with Crippen LogP contribution in [0.3, 0.4) is 0 Å². The first kappa shape index (κ1) is 20.9. The number of sulfonamides is 2. The van der Waals surface area contributed by atoms with E-state index in [0.717, 1.165) is 29.2 Å². The summed E-state index contributed by atoms with van der Waals surface area (Å²) in [7, 11) is -7.55. The third kappa shape index (κ3) is 4.61. The largest absolute Gasteiger partial charge is 0.243 e. The van der Waals surface area contributed by atoms with Crippen LogP contribution in [-0.4, -0.2) is 51.6 Å². The standard InChI is InChI=1S/C18H18ClFN2O4S2/c19-17-14-16(6-7-18(17)20)28(25,26)22-11-9-21(10-12-22)27(23,24)13-8-15-4-2-1-3-5-15/h1-8,13-14H,9-12H2. The highest BCUT2D eigenvalue weighted by Gasteiger charge is 2.32. The van der Waals surface area contributed by atoms with Crippen molar-refractivity contribution in [2.24, 2.45) is 0 Å². The summed E-state index contributed by atoms with van der Waals surface area (Å²) < 4.78 is 66.0. The fourth-order valence-corrected chi connectivity index (χ4v) is 5.63. The number of benzene rings is 2. The molecule has 1 aliphatic heterocycles. The highest BCUT2D eigenvalue weighted by Crippen LogP contribution is 2.23. The quantitative estimate of drug-likeness (QED) is 0.710. The second kappa shape index (κ2) is 8.30. The molecule has 0 atom stereocenters. The zero-order valence-electron chi connectivity index (χ0n) is 14.7. The van der Waals surface area contributed by atoms with Crippen LogP contribution in [0.25, 0.3) is 6.08 Å². The average Bonchev–Trinajstić information content (AvgIpc) is 2.69. The smallest absolute Gasteiger partial charge is 0.208 e. The van der Waals surface area contributed by atoms with Crippen LogP contribution < -0.4 is 0 Å². The lowest BCUT2D eigenvalue weighted by molar-refractivity contribution is 0.275. The molecule has 1 saturated heterocycles. The molecule has 150 valence electrons. The normalized spacial score (nSPS) is 17.2. The summed E-state index contributed by atoms with van der Waals surface area (Å²) in [6.45, 7) is 0.0384. The fraction of sp³-hybridized carbons (Fsp3) is 0.222. The molecule has 1 heterocycles. The van der Waals surface area contributed by atoms with Crippen molar-refractivity contribution in [3.05, 3.63) is 70.3 Å². The SMILES string of the molecule is O=S(=O)(C=Cc1ccccc1)N1CCN(S(=O)(=O)c2ccc(F)c(Cl)c2)CC1. The van der Waals surface area contributed by atoms with E-state index in [1.165, 1.54) is 14.7 Å².